The van der Waals surface area contributed by atoms with Gasteiger partial charge in [0.2, 0.25) is 5.91 Å². The van der Waals surface area contributed by atoms with E-state index < -0.39 is 6.10 Å². The van der Waals surface area contributed by atoms with Crippen LogP contribution in [-0.4, -0.2) is 43.8 Å². The predicted molar refractivity (Wildman–Crippen MR) is 76.7 cm³/mol. The SMILES string of the molecule is O=C(CC(O)c1ccc(Cl)cc1)N1CC(n2cncn2)C1. The van der Waals surface area contributed by atoms with Crippen LogP contribution < -0.4 is 0 Å². The molecule has 0 saturated carbocycles. The van der Waals surface area contributed by atoms with Gasteiger partial charge in [-0.3, -0.25) is 4.79 Å². The summed E-state index contributed by atoms with van der Waals surface area (Å²) in [5.41, 5.74) is 0.695. The van der Waals surface area contributed by atoms with Gasteiger partial charge in [-0.15, -0.1) is 0 Å². The molecule has 1 unspecified atom stereocenters. The first kappa shape index (κ1) is 14.0. The van der Waals surface area contributed by atoms with Crippen molar-refractivity contribution in [3.63, 3.8) is 0 Å². The molecule has 2 heterocycles. The van der Waals surface area contributed by atoms with Gasteiger partial charge in [-0.05, 0) is 17.7 Å². The topological polar surface area (TPSA) is 71.2 Å². The standard InChI is InChI=1S/C14H15ClN4O2/c15-11-3-1-10(2-4-11)13(20)5-14(21)18-6-12(7-18)19-9-16-8-17-19/h1-4,8-9,12-13,20H,5-7H2. The lowest BCUT2D eigenvalue weighted by molar-refractivity contribution is -0.139. The molecule has 1 aromatic heterocycles. The Labute approximate surface area is 127 Å². The molecule has 1 aliphatic rings. The van der Waals surface area contributed by atoms with E-state index in [2.05, 4.69) is 10.1 Å². The molecule has 0 radical (unpaired) electrons. The maximum atomic E-state index is 12.1. The van der Waals surface area contributed by atoms with Crippen LogP contribution in [-0.2, 0) is 4.79 Å². The molecular weight excluding hydrogens is 292 g/mol. The summed E-state index contributed by atoms with van der Waals surface area (Å²) in [4.78, 5) is 17.7. The summed E-state index contributed by atoms with van der Waals surface area (Å²) in [6, 6.07) is 7.05. The van der Waals surface area contributed by atoms with Crippen molar-refractivity contribution >= 4 is 17.5 Å². The lowest BCUT2D eigenvalue weighted by atomic mass is 10.0. The van der Waals surface area contributed by atoms with Crippen molar-refractivity contribution in [3.8, 4) is 0 Å². The largest absolute Gasteiger partial charge is 0.388 e. The van der Waals surface area contributed by atoms with E-state index in [1.165, 1.54) is 6.33 Å². The van der Waals surface area contributed by atoms with Crippen LogP contribution >= 0.6 is 11.6 Å². The Morgan fingerprint density at radius 2 is 2.10 bits per heavy atom. The van der Waals surface area contributed by atoms with Crippen molar-refractivity contribution in [3.05, 3.63) is 47.5 Å². The molecule has 3 rings (SSSR count). The number of carbonyl (C=O) groups excluding carboxylic acids is 1. The lowest BCUT2D eigenvalue weighted by Gasteiger charge is -2.39. The Morgan fingerprint density at radius 1 is 1.38 bits per heavy atom. The van der Waals surface area contributed by atoms with Gasteiger partial charge in [-0.2, -0.15) is 5.10 Å². The summed E-state index contributed by atoms with van der Waals surface area (Å²) >= 11 is 5.80. The molecule has 2 aromatic rings. The maximum Gasteiger partial charge on any atom is 0.225 e. The van der Waals surface area contributed by atoms with E-state index in [1.54, 1.807) is 40.2 Å². The van der Waals surface area contributed by atoms with E-state index in [-0.39, 0.29) is 18.4 Å². The van der Waals surface area contributed by atoms with Crippen LogP contribution in [0.1, 0.15) is 24.1 Å². The number of hydrogen-bond acceptors (Lipinski definition) is 4. The van der Waals surface area contributed by atoms with Crippen molar-refractivity contribution in [1.82, 2.24) is 19.7 Å². The zero-order valence-electron chi connectivity index (χ0n) is 11.3. The third kappa shape index (κ3) is 3.06. The Bertz CT molecular complexity index is 608. The van der Waals surface area contributed by atoms with Crippen LogP contribution in [0, 0.1) is 0 Å². The van der Waals surface area contributed by atoms with Gasteiger partial charge in [0, 0.05) is 18.1 Å². The van der Waals surface area contributed by atoms with Crippen molar-refractivity contribution in [2.45, 2.75) is 18.6 Å². The number of halogens is 1. The fourth-order valence-electron chi connectivity index (χ4n) is 2.33. The van der Waals surface area contributed by atoms with Crippen LogP contribution in [0.25, 0.3) is 0 Å². The molecule has 1 fully saturated rings. The van der Waals surface area contributed by atoms with Gasteiger partial charge in [0.15, 0.2) is 0 Å². The summed E-state index contributed by atoms with van der Waals surface area (Å²) in [5.74, 6) is -0.0613. The van der Waals surface area contributed by atoms with Crippen LogP contribution in [0.3, 0.4) is 0 Å². The molecular formula is C14H15ClN4O2. The van der Waals surface area contributed by atoms with Gasteiger partial charge in [0.1, 0.15) is 12.7 Å². The molecule has 1 N–H and O–H groups in total. The molecule has 6 nitrogen and oxygen atoms in total. The Balaban J connectivity index is 1.52. The number of likely N-dealkylation sites (tertiary alicyclic amines) is 1. The van der Waals surface area contributed by atoms with Gasteiger partial charge >= 0.3 is 0 Å². The first-order valence-corrected chi connectivity index (χ1v) is 7.06. The fraction of sp³-hybridized carbons (Fsp3) is 0.357. The molecule has 1 atom stereocenters. The number of rotatable bonds is 4. The van der Waals surface area contributed by atoms with Crippen LogP contribution in [0.4, 0.5) is 0 Å². The van der Waals surface area contributed by atoms with Crippen molar-refractivity contribution in [1.29, 1.82) is 0 Å². The molecule has 0 aliphatic carbocycles. The normalized spacial score (nSPS) is 16.6. The first-order valence-electron chi connectivity index (χ1n) is 6.69. The maximum absolute atomic E-state index is 12.1. The van der Waals surface area contributed by atoms with Crippen molar-refractivity contribution < 1.29 is 9.90 Å². The summed E-state index contributed by atoms with van der Waals surface area (Å²) < 4.78 is 1.75. The van der Waals surface area contributed by atoms with Gasteiger partial charge in [0.05, 0.1) is 18.6 Å². The lowest BCUT2D eigenvalue weighted by Crippen LogP contribution is -2.51. The number of nitrogens with zero attached hydrogens (tertiary/aromatic N) is 4. The fourth-order valence-corrected chi connectivity index (χ4v) is 2.46. The van der Waals surface area contributed by atoms with E-state index in [4.69, 9.17) is 11.6 Å². The zero-order chi connectivity index (χ0) is 14.8. The highest BCUT2D eigenvalue weighted by atomic mass is 35.5. The van der Waals surface area contributed by atoms with Crippen LogP contribution in [0.2, 0.25) is 5.02 Å². The van der Waals surface area contributed by atoms with Gasteiger partial charge < -0.3 is 10.0 Å². The number of carbonyl (C=O) groups is 1. The molecule has 7 heteroatoms. The second-order valence-electron chi connectivity index (χ2n) is 5.10. The summed E-state index contributed by atoms with van der Waals surface area (Å²) in [5, 5.41) is 14.7. The van der Waals surface area contributed by atoms with Gasteiger partial charge in [-0.1, -0.05) is 23.7 Å². The average Bonchev–Trinajstić information content (AvgIpc) is 2.91. The number of aliphatic hydroxyl groups is 1. The minimum absolute atomic E-state index is 0.0613. The van der Waals surface area contributed by atoms with E-state index in [9.17, 15) is 9.90 Å². The monoisotopic (exact) mass is 306 g/mol. The Hall–Kier alpha value is -1.92. The third-order valence-electron chi connectivity index (χ3n) is 3.65. The average molecular weight is 307 g/mol. The summed E-state index contributed by atoms with van der Waals surface area (Å²) in [7, 11) is 0. The molecule has 21 heavy (non-hydrogen) atoms. The van der Waals surface area contributed by atoms with Gasteiger partial charge in [0.25, 0.3) is 0 Å². The first-order chi connectivity index (χ1) is 10.1. The quantitative estimate of drug-likeness (QED) is 0.928. The number of aromatic nitrogens is 3. The van der Waals surface area contributed by atoms with Crippen molar-refractivity contribution in [2.75, 3.05) is 13.1 Å². The third-order valence-corrected chi connectivity index (χ3v) is 3.90. The molecule has 110 valence electrons. The predicted octanol–water partition coefficient (Wildman–Crippen LogP) is 1.44. The molecule has 1 aromatic carbocycles. The summed E-state index contributed by atoms with van der Waals surface area (Å²) in [6.45, 7) is 1.21. The number of hydrogen-bond donors (Lipinski definition) is 1. The Morgan fingerprint density at radius 3 is 2.71 bits per heavy atom. The zero-order valence-corrected chi connectivity index (χ0v) is 12.0. The Kier molecular flexibility index (Phi) is 3.90. The minimum atomic E-state index is -0.805. The summed E-state index contributed by atoms with van der Waals surface area (Å²) in [6.07, 6.45) is 2.40. The molecule has 0 bridgehead atoms. The minimum Gasteiger partial charge on any atom is -0.388 e. The van der Waals surface area contributed by atoms with Crippen LogP contribution in [0.5, 0.6) is 0 Å². The second kappa shape index (κ2) is 5.83. The molecule has 1 aliphatic heterocycles. The highest BCUT2D eigenvalue weighted by Gasteiger charge is 2.33. The highest BCUT2D eigenvalue weighted by molar-refractivity contribution is 6.30. The van der Waals surface area contributed by atoms with Crippen molar-refractivity contribution in [2.24, 2.45) is 0 Å². The number of benzene rings is 1. The van der Waals surface area contributed by atoms with E-state index in [1.807, 2.05) is 0 Å². The second-order valence-corrected chi connectivity index (χ2v) is 5.54. The van der Waals surface area contributed by atoms with E-state index in [0.29, 0.717) is 23.7 Å². The number of aliphatic hydroxyl groups excluding tert-OH is 1. The van der Waals surface area contributed by atoms with E-state index in [0.717, 1.165) is 0 Å². The highest BCUT2D eigenvalue weighted by Crippen LogP contribution is 2.24. The smallest absolute Gasteiger partial charge is 0.225 e. The van der Waals surface area contributed by atoms with E-state index >= 15 is 0 Å². The molecule has 0 spiro atoms. The molecule has 1 amide bonds. The van der Waals surface area contributed by atoms with Gasteiger partial charge in [-0.25, -0.2) is 9.67 Å². The van der Waals surface area contributed by atoms with Crippen LogP contribution in [0.15, 0.2) is 36.9 Å². The molecule has 1 saturated heterocycles. The number of amides is 1.